The van der Waals surface area contributed by atoms with Crippen molar-refractivity contribution in [2.24, 2.45) is 4.99 Å². The predicted molar refractivity (Wildman–Crippen MR) is 122 cm³/mol. The third-order valence-electron chi connectivity index (χ3n) is 5.16. The van der Waals surface area contributed by atoms with E-state index in [9.17, 15) is 9.59 Å². The molecule has 0 saturated carbocycles. The Morgan fingerprint density at radius 3 is 2.40 bits per heavy atom. The van der Waals surface area contributed by atoms with Crippen LogP contribution >= 0.6 is 11.8 Å². The number of ether oxygens (including phenoxy) is 1. The first-order chi connectivity index (χ1) is 14.4. The first kappa shape index (κ1) is 20.4. The molecule has 2 aromatic rings. The van der Waals surface area contributed by atoms with Gasteiger partial charge in [-0.1, -0.05) is 67.6 Å². The van der Waals surface area contributed by atoms with E-state index in [2.05, 4.69) is 31.0 Å². The van der Waals surface area contributed by atoms with Gasteiger partial charge in [-0.2, -0.15) is 0 Å². The summed E-state index contributed by atoms with van der Waals surface area (Å²) in [6, 6.07) is 15.9. The summed E-state index contributed by atoms with van der Waals surface area (Å²) in [5, 5.41) is 0.173. The van der Waals surface area contributed by atoms with Crippen molar-refractivity contribution in [3.63, 3.8) is 0 Å². The van der Waals surface area contributed by atoms with Gasteiger partial charge >= 0.3 is 5.97 Å². The molecule has 0 bridgehead atoms. The number of anilines is 1. The topological polar surface area (TPSA) is 59.0 Å². The lowest BCUT2D eigenvalue weighted by Gasteiger charge is -2.19. The van der Waals surface area contributed by atoms with E-state index in [0.29, 0.717) is 29.8 Å². The molecule has 4 rings (SSSR count). The van der Waals surface area contributed by atoms with Crippen LogP contribution in [0.2, 0.25) is 0 Å². The molecule has 1 unspecified atom stereocenters. The molecule has 0 spiro atoms. The van der Waals surface area contributed by atoms with Crippen molar-refractivity contribution in [1.82, 2.24) is 0 Å². The summed E-state index contributed by atoms with van der Waals surface area (Å²) in [5.41, 5.74) is 4.37. The normalized spacial score (nSPS) is 20.3. The quantitative estimate of drug-likeness (QED) is 0.521. The van der Waals surface area contributed by atoms with Gasteiger partial charge in [-0.05, 0) is 42.2 Å². The molecule has 2 aromatic carbocycles. The number of benzene rings is 2. The van der Waals surface area contributed by atoms with Crippen LogP contribution in [0, 0.1) is 6.92 Å². The third-order valence-corrected chi connectivity index (χ3v) is 6.36. The van der Waals surface area contributed by atoms with Gasteiger partial charge < -0.3 is 4.74 Å². The zero-order valence-electron chi connectivity index (χ0n) is 17.3. The fourth-order valence-corrected chi connectivity index (χ4v) is 4.42. The molecule has 1 fully saturated rings. The first-order valence-corrected chi connectivity index (χ1v) is 10.9. The standard InChI is InChI=1S/C24H24N2O3S/c1-15(2)18-8-6-17(7-9-18)14-20-22(27)26(19-10-4-16(3)5-11-19)24(25-20)30-21-12-13-29-23(21)28/h4-11,14-15,21H,12-13H2,1-3H3/b20-14-. The summed E-state index contributed by atoms with van der Waals surface area (Å²) in [7, 11) is 0. The summed E-state index contributed by atoms with van der Waals surface area (Å²) in [5.74, 6) is 0.00500. The maximum atomic E-state index is 13.2. The molecule has 1 saturated heterocycles. The van der Waals surface area contributed by atoms with Crippen molar-refractivity contribution < 1.29 is 14.3 Å². The Morgan fingerprint density at radius 2 is 1.80 bits per heavy atom. The molecule has 6 heteroatoms. The average Bonchev–Trinajstić information content (AvgIpc) is 3.26. The molecule has 0 aliphatic carbocycles. The molecular formula is C24H24N2O3S. The maximum Gasteiger partial charge on any atom is 0.319 e. The fourth-order valence-electron chi connectivity index (χ4n) is 3.34. The predicted octanol–water partition coefficient (Wildman–Crippen LogP) is 4.91. The molecule has 154 valence electrons. The van der Waals surface area contributed by atoms with Crippen LogP contribution in [-0.4, -0.2) is 28.9 Å². The zero-order valence-corrected chi connectivity index (χ0v) is 18.1. The summed E-state index contributed by atoms with van der Waals surface area (Å²) >= 11 is 1.29. The number of thioether (sulfide) groups is 1. The number of carbonyl (C=O) groups excluding carboxylic acids is 2. The number of esters is 1. The lowest BCUT2D eigenvalue weighted by Crippen LogP contribution is -2.32. The Morgan fingerprint density at radius 1 is 1.10 bits per heavy atom. The van der Waals surface area contributed by atoms with E-state index in [1.807, 2.05) is 43.3 Å². The van der Waals surface area contributed by atoms with Crippen molar-refractivity contribution in [3.8, 4) is 0 Å². The van der Waals surface area contributed by atoms with Gasteiger partial charge in [0.05, 0.1) is 12.3 Å². The second-order valence-electron chi connectivity index (χ2n) is 7.78. The molecule has 5 nitrogen and oxygen atoms in total. The molecule has 1 amide bonds. The highest BCUT2D eigenvalue weighted by Crippen LogP contribution is 2.33. The first-order valence-electron chi connectivity index (χ1n) is 10.1. The maximum absolute atomic E-state index is 13.2. The molecule has 0 aromatic heterocycles. The Bertz CT molecular complexity index is 1020. The molecule has 2 heterocycles. The van der Waals surface area contributed by atoms with Crippen molar-refractivity contribution >= 4 is 40.6 Å². The van der Waals surface area contributed by atoms with Gasteiger partial charge in [0.1, 0.15) is 10.9 Å². The van der Waals surface area contributed by atoms with Crippen LogP contribution in [0.4, 0.5) is 5.69 Å². The SMILES string of the molecule is Cc1ccc(N2C(=O)/C(=C/c3ccc(C(C)C)cc3)N=C2SC2CCOC2=O)cc1. The molecule has 2 aliphatic rings. The van der Waals surface area contributed by atoms with Gasteiger partial charge in [0, 0.05) is 6.42 Å². The van der Waals surface area contributed by atoms with Gasteiger partial charge in [0.25, 0.3) is 5.91 Å². The van der Waals surface area contributed by atoms with Crippen LogP contribution in [-0.2, 0) is 14.3 Å². The molecule has 30 heavy (non-hydrogen) atoms. The van der Waals surface area contributed by atoms with Crippen LogP contribution in [0.15, 0.2) is 59.2 Å². The van der Waals surface area contributed by atoms with E-state index in [1.165, 1.54) is 17.3 Å². The minimum atomic E-state index is -0.339. The number of rotatable bonds is 4. The summed E-state index contributed by atoms with van der Waals surface area (Å²) in [6.07, 6.45) is 2.42. The van der Waals surface area contributed by atoms with Gasteiger partial charge in [0.2, 0.25) is 0 Å². The highest BCUT2D eigenvalue weighted by Gasteiger charge is 2.37. The number of amidine groups is 1. The number of hydrogen-bond donors (Lipinski definition) is 0. The minimum Gasteiger partial charge on any atom is -0.465 e. The van der Waals surface area contributed by atoms with Crippen molar-refractivity contribution in [2.75, 3.05) is 11.5 Å². The molecule has 0 N–H and O–H groups in total. The average molecular weight is 421 g/mol. The van der Waals surface area contributed by atoms with E-state index >= 15 is 0 Å². The molecule has 0 radical (unpaired) electrons. The Labute approximate surface area is 180 Å². The van der Waals surface area contributed by atoms with E-state index in [1.54, 1.807) is 11.0 Å². The van der Waals surface area contributed by atoms with Gasteiger partial charge in [0.15, 0.2) is 5.17 Å². The largest absolute Gasteiger partial charge is 0.465 e. The molecule has 2 aliphatic heterocycles. The zero-order chi connectivity index (χ0) is 21.3. The lowest BCUT2D eigenvalue weighted by molar-refractivity contribution is -0.137. The summed E-state index contributed by atoms with van der Waals surface area (Å²) in [4.78, 5) is 31.4. The lowest BCUT2D eigenvalue weighted by atomic mass is 10.0. The number of aliphatic imine (C=N–C) groups is 1. The van der Waals surface area contributed by atoms with E-state index in [0.717, 1.165) is 16.8 Å². The molecule has 1 atom stereocenters. The van der Waals surface area contributed by atoms with Crippen LogP contribution in [0.25, 0.3) is 6.08 Å². The van der Waals surface area contributed by atoms with Gasteiger partial charge in [-0.25, -0.2) is 4.99 Å². The number of nitrogens with zero attached hydrogens (tertiary/aromatic N) is 2. The van der Waals surface area contributed by atoms with Gasteiger partial charge in [-0.15, -0.1) is 0 Å². The van der Waals surface area contributed by atoms with Crippen molar-refractivity contribution in [2.45, 2.75) is 38.4 Å². The number of hydrogen-bond acceptors (Lipinski definition) is 5. The minimum absolute atomic E-state index is 0.194. The van der Waals surface area contributed by atoms with E-state index in [4.69, 9.17) is 4.74 Å². The number of aryl methyl sites for hydroxylation is 1. The van der Waals surface area contributed by atoms with Crippen LogP contribution in [0.5, 0.6) is 0 Å². The van der Waals surface area contributed by atoms with E-state index in [-0.39, 0.29) is 17.1 Å². The summed E-state index contributed by atoms with van der Waals surface area (Å²) in [6.45, 7) is 6.71. The Kier molecular flexibility index (Phi) is 5.77. The van der Waals surface area contributed by atoms with Crippen LogP contribution in [0.3, 0.4) is 0 Å². The van der Waals surface area contributed by atoms with Crippen LogP contribution < -0.4 is 4.90 Å². The van der Waals surface area contributed by atoms with Crippen LogP contribution in [0.1, 0.15) is 42.9 Å². The number of carbonyl (C=O) groups is 2. The number of cyclic esters (lactones) is 1. The highest BCUT2D eigenvalue weighted by molar-refractivity contribution is 8.15. The second kappa shape index (κ2) is 8.48. The Balaban J connectivity index is 1.67. The van der Waals surface area contributed by atoms with E-state index < -0.39 is 0 Å². The molecular weight excluding hydrogens is 396 g/mol. The Hall–Kier alpha value is -2.86. The van der Waals surface area contributed by atoms with Gasteiger partial charge in [-0.3, -0.25) is 14.5 Å². The second-order valence-corrected chi connectivity index (χ2v) is 8.95. The fraction of sp³-hybridized carbons (Fsp3) is 0.292. The highest BCUT2D eigenvalue weighted by atomic mass is 32.2. The third kappa shape index (κ3) is 4.19. The monoisotopic (exact) mass is 420 g/mol. The van der Waals surface area contributed by atoms with Crippen molar-refractivity contribution in [3.05, 3.63) is 70.9 Å². The summed E-state index contributed by atoms with van der Waals surface area (Å²) < 4.78 is 5.08. The van der Waals surface area contributed by atoms with Crippen molar-refractivity contribution in [1.29, 1.82) is 0 Å². The smallest absolute Gasteiger partial charge is 0.319 e. The number of amides is 1.